The third kappa shape index (κ3) is 3.52. The van der Waals surface area contributed by atoms with Gasteiger partial charge in [-0.05, 0) is 19.4 Å². The van der Waals surface area contributed by atoms with Crippen molar-refractivity contribution in [1.82, 2.24) is 20.2 Å². The van der Waals surface area contributed by atoms with Crippen LogP contribution < -0.4 is 5.32 Å². The summed E-state index contributed by atoms with van der Waals surface area (Å²) < 4.78 is 0. The maximum Gasteiger partial charge on any atom is 0.0925 e. The monoisotopic (exact) mass is 284 g/mol. The van der Waals surface area contributed by atoms with Crippen molar-refractivity contribution in [3.63, 3.8) is 0 Å². The Morgan fingerprint density at radius 2 is 2.10 bits per heavy atom. The maximum absolute atomic E-state index is 4.43. The largest absolute Gasteiger partial charge is 0.347 e. The lowest BCUT2D eigenvalue weighted by molar-refractivity contribution is 0.184. The molecule has 1 aliphatic heterocycles. The lowest BCUT2D eigenvalue weighted by Crippen LogP contribution is -2.46. The number of imidazole rings is 1. The van der Waals surface area contributed by atoms with E-state index in [0.717, 1.165) is 26.1 Å². The molecule has 112 valence electrons. The highest BCUT2D eigenvalue weighted by molar-refractivity contribution is 5.17. The predicted molar refractivity (Wildman–Crippen MR) is 84.9 cm³/mol. The van der Waals surface area contributed by atoms with E-state index in [-0.39, 0.29) is 0 Å². The molecular weight excluding hydrogens is 260 g/mol. The summed E-state index contributed by atoms with van der Waals surface area (Å²) in [6.45, 7) is 7.50. The van der Waals surface area contributed by atoms with Gasteiger partial charge in [0.15, 0.2) is 0 Å². The summed E-state index contributed by atoms with van der Waals surface area (Å²) in [5.41, 5.74) is 3.84. The zero-order valence-corrected chi connectivity index (χ0v) is 12.8. The molecule has 0 aliphatic carbocycles. The first-order valence-corrected chi connectivity index (χ1v) is 7.75. The summed E-state index contributed by atoms with van der Waals surface area (Å²) >= 11 is 0. The Bertz CT molecular complexity index is 561. The summed E-state index contributed by atoms with van der Waals surface area (Å²) in [4.78, 5) is 10.2. The molecule has 1 atom stereocenters. The van der Waals surface area contributed by atoms with Gasteiger partial charge in [-0.25, -0.2) is 4.98 Å². The number of hydrogen-bond acceptors (Lipinski definition) is 3. The maximum atomic E-state index is 4.43. The second-order valence-electron chi connectivity index (χ2n) is 6.12. The number of aromatic nitrogens is 2. The fourth-order valence-electron chi connectivity index (χ4n) is 2.92. The first-order valence-electron chi connectivity index (χ1n) is 7.75. The molecule has 1 aromatic heterocycles. The quantitative estimate of drug-likeness (QED) is 0.885. The summed E-state index contributed by atoms with van der Waals surface area (Å²) in [6.07, 6.45) is 2.82. The van der Waals surface area contributed by atoms with Gasteiger partial charge in [0.25, 0.3) is 0 Å². The van der Waals surface area contributed by atoms with Gasteiger partial charge in [-0.3, -0.25) is 4.90 Å². The lowest BCUT2D eigenvalue weighted by atomic mass is 10.0. The van der Waals surface area contributed by atoms with Crippen molar-refractivity contribution in [3.05, 3.63) is 53.6 Å². The molecule has 4 nitrogen and oxygen atoms in total. The minimum atomic E-state index is 0.479. The Kier molecular flexibility index (Phi) is 4.36. The first kappa shape index (κ1) is 14.3. The van der Waals surface area contributed by atoms with Crippen LogP contribution in [0, 0.1) is 0 Å². The van der Waals surface area contributed by atoms with Crippen molar-refractivity contribution in [2.24, 2.45) is 0 Å². The van der Waals surface area contributed by atoms with E-state index in [1.54, 1.807) is 6.33 Å². The van der Waals surface area contributed by atoms with Crippen molar-refractivity contribution in [1.29, 1.82) is 0 Å². The minimum absolute atomic E-state index is 0.479. The van der Waals surface area contributed by atoms with Crippen LogP contribution in [-0.4, -0.2) is 33.5 Å². The van der Waals surface area contributed by atoms with Gasteiger partial charge in [-0.15, -0.1) is 0 Å². The average molecular weight is 284 g/mol. The van der Waals surface area contributed by atoms with E-state index < -0.39 is 0 Å². The summed E-state index contributed by atoms with van der Waals surface area (Å²) in [5, 5.41) is 3.62. The molecule has 0 radical (unpaired) electrons. The Morgan fingerprint density at radius 3 is 2.86 bits per heavy atom. The Labute approximate surface area is 126 Å². The minimum Gasteiger partial charge on any atom is -0.347 e. The van der Waals surface area contributed by atoms with Crippen LogP contribution in [0.2, 0.25) is 0 Å². The molecule has 0 fully saturated rings. The molecule has 4 heteroatoms. The second-order valence-corrected chi connectivity index (χ2v) is 6.12. The smallest absolute Gasteiger partial charge is 0.0925 e. The third-order valence-electron chi connectivity index (χ3n) is 4.23. The fourth-order valence-corrected chi connectivity index (χ4v) is 2.92. The Balaban J connectivity index is 1.63. The highest BCUT2D eigenvalue weighted by Crippen LogP contribution is 2.15. The van der Waals surface area contributed by atoms with E-state index in [1.807, 2.05) is 0 Å². The Hall–Kier alpha value is -1.65. The van der Waals surface area contributed by atoms with Crippen LogP contribution in [-0.2, 0) is 19.5 Å². The van der Waals surface area contributed by atoms with Gasteiger partial charge in [-0.2, -0.15) is 0 Å². The molecule has 3 rings (SSSR count). The highest BCUT2D eigenvalue weighted by Gasteiger charge is 2.23. The summed E-state index contributed by atoms with van der Waals surface area (Å²) in [5.74, 6) is 0. The average Bonchev–Trinajstić information content (AvgIpc) is 2.95. The number of aromatic amines is 1. The van der Waals surface area contributed by atoms with Crippen LogP contribution in [0.15, 0.2) is 36.7 Å². The number of benzene rings is 1. The van der Waals surface area contributed by atoms with Crippen LogP contribution >= 0.6 is 0 Å². The van der Waals surface area contributed by atoms with Crippen LogP contribution in [0.4, 0.5) is 0 Å². The van der Waals surface area contributed by atoms with Crippen LogP contribution in [0.3, 0.4) is 0 Å². The van der Waals surface area contributed by atoms with E-state index in [1.165, 1.54) is 17.0 Å². The third-order valence-corrected chi connectivity index (χ3v) is 4.23. The molecule has 0 amide bonds. The standard InChI is InChI=1S/C17H24N4/c1-13(2)21(10-14-6-4-3-5-7-14)11-15-8-16-17(9-18-15)20-12-19-16/h3-7,12-13,15,18H,8-11H2,1-2H3,(H,19,20). The molecule has 2 heterocycles. The molecular formula is C17H24N4. The molecule has 2 N–H and O–H groups in total. The normalized spacial score (nSPS) is 18.2. The summed E-state index contributed by atoms with van der Waals surface area (Å²) in [7, 11) is 0. The molecule has 2 aromatic rings. The van der Waals surface area contributed by atoms with Gasteiger partial charge >= 0.3 is 0 Å². The molecule has 0 spiro atoms. The summed E-state index contributed by atoms with van der Waals surface area (Å²) in [6, 6.07) is 11.7. The van der Waals surface area contributed by atoms with Gasteiger partial charge in [0.2, 0.25) is 0 Å². The molecule has 1 aliphatic rings. The number of nitrogens with one attached hydrogen (secondary N) is 2. The topological polar surface area (TPSA) is 44.0 Å². The molecule has 0 saturated carbocycles. The first-order chi connectivity index (χ1) is 10.2. The van der Waals surface area contributed by atoms with Crippen molar-refractivity contribution in [2.45, 2.75) is 45.4 Å². The van der Waals surface area contributed by atoms with Gasteiger partial charge in [-0.1, -0.05) is 30.3 Å². The zero-order valence-electron chi connectivity index (χ0n) is 12.8. The zero-order chi connectivity index (χ0) is 14.7. The van der Waals surface area contributed by atoms with E-state index in [9.17, 15) is 0 Å². The number of fused-ring (bicyclic) bond motifs is 1. The lowest BCUT2D eigenvalue weighted by Gasteiger charge is -2.32. The number of rotatable bonds is 5. The SMILES string of the molecule is CC(C)N(Cc1ccccc1)CC1Cc2nc[nH]c2CN1. The second kappa shape index (κ2) is 6.41. The fraction of sp³-hybridized carbons (Fsp3) is 0.471. The highest BCUT2D eigenvalue weighted by atomic mass is 15.2. The Morgan fingerprint density at radius 1 is 1.29 bits per heavy atom. The van der Waals surface area contributed by atoms with Crippen LogP contribution in [0.5, 0.6) is 0 Å². The van der Waals surface area contributed by atoms with Crippen LogP contribution in [0.1, 0.15) is 30.8 Å². The van der Waals surface area contributed by atoms with Crippen molar-refractivity contribution >= 4 is 0 Å². The van der Waals surface area contributed by atoms with E-state index in [0.29, 0.717) is 12.1 Å². The predicted octanol–water partition coefficient (Wildman–Crippen LogP) is 2.33. The van der Waals surface area contributed by atoms with Crippen molar-refractivity contribution in [2.75, 3.05) is 6.54 Å². The van der Waals surface area contributed by atoms with E-state index in [4.69, 9.17) is 0 Å². The number of nitrogens with zero attached hydrogens (tertiary/aromatic N) is 2. The van der Waals surface area contributed by atoms with Gasteiger partial charge in [0.1, 0.15) is 0 Å². The van der Waals surface area contributed by atoms with Crippen molar-refractivity contribution in [3.8, 4) is 0 Å². The van der Waals surface area contributed by atoms with E-state index >= 15 is 0 Å². The number of H-pyrrole nitrogens is 1. The number of hydrogen-bond donors (Lipinski definition) is 2. The molecule has 21 heavy (non-hydrogen) atoms. The molecule has 0 bridgehead atoms. The van der Waals surface area contributed by atoms with Gasteiger partial charge in [0.05, 0.1) is 17.7 Å². The van der Waals surface area contributed by atoms with Crippen molar-refractivity contribution < 1.29 is 0 Å². The van der Waals surface area contributed by atoms with Gasteiger partial charge in [0, 0.05) is 38.1 Å². The van der Waals surface area contributed by atoms with Gasteiger partial charge < -0.3 is 10.3 Å². The van der Waals surface area contributed by atoms with Crippen LogP contribution in [0.25, 0.3) is 0 Å². The molecule has 0 saturated heterocycles. The molecule has 1 unspecified atom stereocenters. The molecule has 1 aromatic carbocycles. The van der Waals surface area contributed by atoms with E-state index in [2.05, 4.69) is 64.4 Å².